The van der Waals surface area contributed by atoms with Crippen LogP contribution in [0.2, 0.25) is 0 Å². The molecule has 1 N–H and O–H groups in total. The fourth-order valence-corrected chi connectivity index (χ4v) is 4.68. The van der Waals surface area contributed by atoms with Crippen molar-refractivity contribution in [2.24, 2.45) is 0 Å². The second kappa shape index (κ2) is 8.64. The Bertz CT molecular complexity index is 1330. The molecule has 0 aliphatic carbocycles. The second-order valence-corrected chi connectivity index (χ2v) is 8.59. The molecule has 0 aromatic heterocycles. The van der Waals surface area contributed by atoms with E-state index in [9.17, 15) is 14.7 Å². The molecule has 4 aromatic carbocycles. The van der Waals surface area contributed by atoms with Gasteiger partial charge in [0, 0.05) is 17.7 Å². The quantitative estimate of drug-likeness (QED) is 0.402. The molecule has 1 aliphatic heterocycles. The maximum Gasteiger partial charge on any atom is 0.264 e. The van der Waals surface area contributed by atoms with Gasteiger partial charge in [-0.1, -0.05) is 84.9 Å². The van der Waals surface area contributed by atoms with Crippen LogP contribution >= 0.6 is 0 Å². The van der Waals surface area contributed by atoms with E-state index in [-0.39, 0.29) is 12.2 Å². The molecule has 1 aliphatic rings. The molecule has 4 nitrogen and oxygen atoms in total. The number of carbonyl (C=O) groups excluding carboxylic acids is 2. The van der Waals surface area contributed by atoms with Gasteiger partial charge in [-0.15, -0.1) is 0 Å². The predicted molar refractivity (Wildman–Crippen MR) is 130 cm³/mol. The van der Waals surface area contributed by atoms with Crippen LogP contribution in [0.3, 0.4) is 0 Å². The van der Waals surface area contributed by atoms with Crippen LogP contribution < -0.4 is 4.90 Å². The molecule has 0 spiro atoms. The third kappa shape index (κ3) is 3.94. The molecule has 0 saturated carbocycles. The summed E-state index contributed by atoms with van der Waals surface area (Å²) in [5.41, 5.74) is 1.04. The van der Waals surface area contributed by atoms with Crippen LogP contribution in [-0.2, 0) is 16.8 Å². The Kier molecular flexibility index (Phi) is 5.53. The minimum absolute atomic E-state index is 0.252. The van der Waals surface area contributed by atoms with Crippen LogP contribution in [0.15, 0.2) is 97.1 Å². The Labute approximate surface area is 193 Å². The van der Waals surface area contributed by atoms with E-state index < -0.39 is 11.5 Å². The largest absolute Gasteiger partial charge is 0.375 e. The first kappa shape index (κ1) is 21.1. The Morgan fingerprint density at radius 3 is 2.33 bits per heavy atom. The number of hydrogen-bond donors (Lipinski definition) is 1. The third-order valence-corrected chi connectivity index (χ3v) is 6.42. The zero-order valence-electron chi connectivity index (χ0n) is 18.3. The molecule has 0 radical (unpaired) electrons. The summed E-state index contributed by atoms with van der Waals surface area (Å²) in [4.78, 5) is 28.2. The van der Waals surface area contributed by atoms with E-state index in [1.807, 2.05) is 66.7 Å². The maximum absolute atomic E-state index is 13.4. The Morgan fingerprint density at radius 2 is 1.52 bits per heavy atom. The summed E-state index contributed by atoms with van der Waals surface area (Å²) in [6.45, 7) is 0.483. The molecule has 1 amide bonds. The molecule has 0 bridgehead atoms. The molecular formula is C29H25NO3. The number of benzene rings is 4. The highest BCUT2D eigenvalue weighted by molar-refractivity contribution is 6.11. The first-order valence-corrected chi connectivity index (χ1v) is 11.3. The van der Waals surface area contributed by atoms with Gasteiger partial charge in [0.1, 0.15) is 0 Å². The van der Waals surface area contributed by atoms with Gasteiger partial charge < -0.3 is 10.0 Å². The number of anilines is 1. The lowest BCUT2D eigenvalue weighted by atomic mass is 9.88. The van der Waals surface area contributed by atoms with Crippen molar-refractivity contribution in [2.45, 2.75) is 24.9 Å². The zero-order valence-corrected chi connectivity index (χ0v) is 18.3. The van der Waals surface area contributed by atoms with E-state index in [4.69, 9.17) is 0 Å². The number of amides is 1. The van der Waals surface area contributed by atoms with E-state index in [0.29, 0.717) is 23.4 Å². The summed E-state index contributed by atoms with van der Waals surface area (Å²) in [5, 5.41) is 13.5. The van der Waals surface area contributed by atoms with Crippen LogP contribution in [0, 0.1) is 0 Å². The van der Waals surface area contributed by atoms with Crippen molar-refractivity contribution in [3.05, 3.63) is 114 Å². The second-order valence-electron chi connectivity index (χ2n) is 8.59. The number of aliphatic hydroxyl groups is 1. The Hall–Kier alpha value is -3.76. The average molecular weight is 436 g/mol. The van der Waals surface area contributed by atoms with E-state index >= 15 is 0 Å². The minimum atomic E-state index is -1.86. The van der Waals surface area contributed by atoms with Gasteiger partial charge >= 0.3 is 0 Å². The number of nitrogens with zero attached hydrogens (tertiary/aromatic N) is 1. The average Bonchev–Trinajstić information content (AvgIpc) is 3.06. The standard InChI is InChI=1S/C29H25NO3/c31-27(24-17-16-22-12-4-5-13-23(22)19-24)20-29(33)25-14-6-7-15-26(25)30(28(29)32)18-8-11-21-9-2-1-3-10-21/h1-7,9-10,12-17,19,33H,8,11,18,20H2/t29-/m1/s1. The van der Waals surface area contributed by atoms with Gasteiger partial charge in [0.15, 0.2) is 11.4 Å². The minimum Gasteiger partial charge on any atom is -0.375 e. The SMILES string of the molecule is O=C(C[C@]1(O)C(=O)N(CCCc2ccccc2)c2ccccc21)c1ccc2ccccc2c1. The van der Waals surface area contributed by atoms with Gasteiger partial charge in [0.2, 0.25) is 0 Å². The van der Waals surface area contributed by atoms with Gasteiger partial charge in [-0.05, 0) is 41.3 Å². The highest BCUT2D eigenvalue weighted by Gasteiger charge is 2.50. The normalized spacial score (nSPS) is 17.4. The lowest BCUT2D eigenvalue weighted by Crippen LogP contribution is -2.42. The summed E-state index contributed by atoms with van der Waals surface area (Å²) in [6.07, 6.45) is 1.32. The first-order chi connectivity index (χ1) is 16.1. The van der Waals surface area contributed by atoms with Crippen LogP contribution in [0.4, 0.5) is 5.69 Å². The highest BCUT2D eigenvalue weighted by atomic mass is 16.3. The molecule has 0 unspecified atom stereocenters. The molecule has 1 atom stereocenters. The number of ketones is 1. The number of rotatable bonds is 7. The predicted octanol–water partition coefficient (Wildman–Crippen LogP) is 5.28. The highest BCUT2D eigenvalue weighted by Crippen LogP contribution is 2.43. The smallest absolute Gasteiger partial charge is 0.264 e. The van der Waals surface area contributed by atoms with Crippen LogP contribution in [0.25, 0.3) is 10.8 Å². The number of para-hydroxylation sites is 1. The molecule has 4 aromatic rings. The van der Waals surface area contributed by atoms with Gasteiger partial charge in [0.05, 0.1) is 12.1 Å². The van der Waals surface area contributed by atoms with Crippen molar-refractivity contribution in [3.8, 4) is 0 Å². The molecule has 4 heteroatoms. The number of hydrogen-bond acceptors (Lipinski definition) is 3. The van der Waals surface area contributed by atoms with Crippen molar-refractivity contribution in [1.82, 2.24) is 0 Å². The van der Waals surface area contributed by atoms with E-state index in [1.54, 1.807) is 23.1 Å². The fraction of sp³-hybridized carbons (Fsp3) is 0.172. The van der Waals surface area contributed by atoms with Gasteiger partial charge in [0.25, 0.3) is 5.91 Å². The van der Waals surface area contributed by atoms with Crippen molar-refractivity contribution >= 4 is 28.2 Å². The van der Waals surface area contributed by atoms with Crippen molar-refractivity contribution in [2.75, 3.05) is 11.4 Å². The van der Waals surface area contributed by atoms with E-state index in [1.165, 1.54) is 5.56 Å². The number of aryl methyl sites for hydroxylation is 1. The summed E-state index contributed by atoms with van der Waals surface area (Å²) in [6, 6.07) is 30.7. The molecule has 33 heavy (non-hydrogen) atoms. The van der Waals surface area contributed by atoms with Gasteiger partial charge in [-0.2, -0.15) is 0 Å². The molecular weight excluding hydrogens is 410 g/mol. The van der Waals surface area contributed by atoms with Crippen LogP contribution in [0.1, 0.15) is 34.3 Å². The maximum atomic E-state index is 13.4. The third-order valence-electron chi connectivity index (χ3n) is 6.42. The molecule has 0 saturated heterocycles. The monoisotopic (exact) mass is 435 g/mol. The van der Waals surface area contributed by atoms with Crippen molar-refractivity contribution in [3.63, 3.8) is 0 Å². The fourth-order valence-electron chi connectivity index (χ4n) is 4.68. The van der Waals surface area contributed by atoms with Crippen LogP contribution in [-0.4, -0.2) is 23.3 Å². The van der Waals surface area contributed by atoms with E-state index in [2.05, 4.69) is 12.1 Å². The van der Waals surface area contributed by atoms with Gasteiger partial charge in [-0.3, -0.25) is 9.59 Å². The van der Waals surface area contributed by atoms with Crippen molar-refractivity contribution in [1.29, 1.82) is 0 Å². The molecule has 164 valence electrons. The van der Waals surface area contributed by atoms with E-state index in [0.717, 1.165) is 23.6 Å². The van der Waals surface area contributed by atoms with Crippen molar-refractivity contribution < 1.29 is 14.7 Å². The Balaban J connectivity index is 1.38. The van der Waals surface area contributed by atoms with Crippen LogP contribution in [0.5, 0.6) is 0 Å². The molecule has 0 fully saturated rings. The summed E-state index contributed by atoms with van der Waals surface area (Å²) in [7, 11) is 0. The summed E-state index contributed by atoms with van der Waals surface area (Å²) < 4.78 is 0. The first-order valence-electron chi connectivity index (χ1n) is 11.3. The molecule has 1 heterocycles. The number of carbonyl (C=O) groups is 2. The van der Waals surface area contributed by atoms with Gasteiger partial charge in [-0.25, -0.2) is 0 Å². The number of fused-ring (bicyclic) bond motifs is 2. The Morgan fingerprint density at radius 1 is 0.818 bits per heavy atom. The number of Topliss-reactive ketones (excluding diaryl/α,β-unsaturated/α-hetero) is 1. The summed E-state index contributed by atoms with van der Waals surface area (Å²) >= 11 is 0. The topological polar surface area (TPSA) is 57.6 Å². The zero-order chi connectivity index (χ0) is 22.8. The lowest BCUT2D eigenvalue weighted by molar-refractivity contribution is -0.135. The lowest BCUT2D eigenvalue weighted by Gasteiger charge is -2.23. The molecule has 5 rings (SSSR count). The summed E-state index contributed by atoms with van der Waals surface area (Å²) in [5.74, 6) is -0.677.